The number of nitrogens with zero attached hydrogens (tertiary/aromatic N) is 1. The molecule has 1 heterocycles. The van der Waals surface area contributed by atoms with Gasteiger partial charge in [-0.1, -0.05) is 12.1 Å². The molecule has 0 radical (unpaired) electrons. The standard InChI is InChI=1S/C19H25N3O4/c1-12(20-18(24)16-4-3-11-22(16)19(25)26-2)13-7-9-15(10-8-13)21-17(23)14-5-6-14/h7-10,12,14,16H,3-6,11H2,1-2H3,(H,20,24)(H,21,23)/t12-,16-/m1/s1. The fraction of sp³-hybridized carbons (Fsp3) is 0.526. The van der Waals surface area contributed by atoms with E-state index < -0.39 is 12.1 Å². The van der Waals surface area contributed by atoms with Crippen molar-refractivity contribution in [3.63, 3.8) is 0 Å². The van der Waals surface area contributed by atoms with E-state index in [1.807, 2.05) is 31.2 Å². The third-order valence-corrected chi connectivity index (χ3v) is 4.95. The number of nitrogens with one attached hydrogen (secondary N) is 2. The Bertz CT molecular complexity index is 685. The molecule has 7 heteroatoms. The number of methoxy groups -OCH3 is 1. The Morgan fingerprint density at radius 3 is 2.42 bits per heavy atom. The summed E-state index contributed by atoms with van der Waals surface area (Å²) in [5.74, 6) is 0.0619. The molecule has 2 atom stereocenters. The molecule has 2 fully saturated rings. The van der Waals surface area contributed by atoms with Gasteiger partial charge in [0.2, 0.25) is 11.8 Å². The second-order valence-electron chi connectivity index (χ2n) is 6.94. The van der Waals surface area contributed by atoms with Gasteiger partial charge in [-0.3, -0.25) is 14.5 Å². The first kappa shape index (κ1) is 18.2. The van der Waals surface area contributed by atoms with Crippen molar-refractivity contribution in [1.29, 1.82) is 0 Å². The summed E-state index contributed by atoms with van der Waals surface area (Å²) in [5, 5.41) is 5.86. The Morgan fingerprint density at radius 2 is 1.81 bits per heavy atom. The number of ether oxygens (including phenoxy) is 1. The van der Waals surface area contributed by atoms with Crippen molar-refractivity contribution in [1.82, 2.24) is 10.2 Å². The van der Waals surface area contributed by atoms with Gasteiger partial charge in [-0.15, -0.1) is 0 Å². The topological polar surface area (TPSA) is 87.7 Å². The van der Waals surface area contributed by atoms with E-state index in [0.717, 1.165) is 30.5 Å². The first-order valence-electron chi connectivity index (χ1n) is 9.05. The number of carbonyl (C=O) groups is 3. The van der Waals surface area contributed by atoms with Crippen LogP contribution in [0.2, 0.25) is 0 Å². The molecule has 0 unspecified atom stereocenters. The Hall–Kier alpha value is -2.57. The molecule has 2 aliphatic rings. The van der Waals surface area contributed by atoms with Gasteiger partial charge in [0.05, 0.1) is 13.2 Å². The predicted octanol–water partition coefficient (Wildman–Crippen LogP) is 2.44. The van der Waals surface area contributed by atoms with E-state index >= 15 is 0 Å². The number of amides is 3. The summed E-state index contributed by atoms with van der Waals surface area (Å²) in [6, 6.07) is 6.78. The van der Waals surface area contributed by atoms with Crippen LogP contribution in [0, 0.1) is 5.92 Å². The van der Waals surface area contributed by atoms with Crippen LogP contribution in [0.4, 0.5) is 10.5 Å². The Morgan fingerprint density at radius 1 is 1.12 bits per heavy atom. The monoisotopic (exact) mass is 359 g/mol. The predicted molar refractivity (Wildman–Crippen MR) is 96.5 cm³/mol. The van der Waals surface area contributed by atoms with Crippen LogP contribution >= 0.6 is 0 Å². The molecule has 26 heavy (non-hydrogen) atoms. The minimum absolute atomic E-state index is 0.0724. The second kappa shape index (κ2) is 7.76. The van der Waals surface area contributed by atoms with E-state index in [1.54, 1.807) is 0 Å². The van der Waals surface area contributed by atoms with Crippen LogP contribution in [0.25, 0.3) is 0 Å². The van der Waals surface area contributed by atoms with Crippen LogP contribution in [0.3, 0.4) is 0 Å². The smallest absolute Gasteiger partial charge is 0.410 e. The number of carbonyl (C=O) groups excluding carboxylic acids is 3. The summed E-state index contributed by atoms with van der Waals surface area (Å²) in [4.78, 5) is 37.5. The highest BCUT2D eigenvalue weighted by atomic mass is 16.5. The van der Waals surface area contributed by atoms with Crippen LogP contribution in [0.1, 0.15) is 44.2 Å². The number of benzene rings is 1. The SMILES string of the molecule is COC(=O)N1CCC[C@@H]1C(=O)N[C@H](C)c1ccc(NC(=O)C2CC2)cc1. The minimum atomic E-state index is -0.484. The first-order chi connectivity index (χ1) is 12.5. The highest BCUT2D eigenvalue weighted by Gasteiger charge is 2.35. The van der Waals surface area contributed by atoms with Crippen molar-refractivity contribution < 1.29 is 19.1 Å². The highest BCUT2D eigenvalue weighted by Crippen LogP contribution is 2.30. The lowest BCUT2D eigenvalue weighted by atomic mass is 10.1. The van der Waals surface area contributed by atoms with Crippen molar-refractivity contribution >= 4 is 23.6 Å². The van der Waals surface area contributed by atoms with Crippen LogP contribution in [-0.4, -0.2) is 42.5 Å². The summed E-state index contributed by atoms with van der Waals surface area (Å²) in [7, 11) is 1.32. The number of likely N-dealkylation sites (tertiary alicyclic amines) is 1. The molecule has 1 saturated heterocycles. The molecule has 0 bridgehead atoms. The van der Waals surface area contributed by atoms with Gasteiger partial charge >= 0.3 is 6.09 Å². The highest BCUT2D eigenvalue weighted by molar-refractivity contribution is 5.94. The van der Waals surface area contributed by atoms with Crippen LogP contribution in [0.5, 0.6) is 0 Å². The van der Waals surface area contributed by atoms with Gasteiger partial charge < -0.3 is 15.4 Å². The molecular formula is C19H25N3O4. The van der Waals surface area contributed by atoms with Crippen LogP contribution in [0.15, 0.2) is 24.3 Å². The van der Waals surface area contributed by atoms with Crippen molar-refractivity contribution in [2.45, 2.75) is 44.7 Å². The Labute approximate surface area is 153 Å². The summed E-state index contributed by atoms with van der Waals surface area (Å²) in [5.41, 5.74) is 1.70. The van der Waals surface area contributed by atoms with Gasteiger partial charge in [-0.2, -0.15) is 0 Å². The molecule has 0 aromatic heterocycles. The van der Waals surface area contributed by atoms with Gasteiger partial charge in [0.15, 0.2) is 0 Å². The second-order valence-corrected chi connectivity index (χ2v) is 6.94. The molecule has 1 aliphatic carbocycles. The molecule has 140 valence electrons. The zero-order valence-electron chi connectivity index (χ0n) is 15.2. The molecule has 3 rings (SSSR count). The molecule has 1 aromatic rings. The van der Waals surface area contributed by atoms with E-state index in [9.17, 15) is 14.4 Å². The molecule has 2 N–H and O–H groups in total. The Balaban J connectivity index is 1.56. The molecule has 3 amide bonds. The summed E-state index contributed by atoms with van der Waals surface area (Å²) in [6.07, 6.45) is 2.90. The summed E-state index contributed by atoms with van der Waals surface area (Å²) < 4.78 is 4.74. The average molecular weight is 359 g/mol. The van der Waals surface area contributed by atoms with Gasteiger partial charge in [0.1, 0.15) is 6.04 Å². The molecular weight excluding hydrogens is 334 g/mol. The molecule has 7 nitrogen and oxygen atoms in total. The number of rotatable bonds is 5. The fourth-order valence-corrected chi connectivity index (χ4v) is 3.21. The first-order valence-corrected chi connectivity index (χ1v) is 9.05. The largest absolute Gasteiger partial charge is 0.453 e. The summed E-state index contributed by atoms with van der Waals surface area (Å²) in [6.45, 7) is 2.43. The fourth-order valence-electron chi connectivity index (χ4n) is 3.21. The number of hydrogen-bond donors (Lipinski definition) is 2. The van der Waals surface area contributed by atoms with Crippen molar-refractivity contribution in [2.75, 3.05) is 19.0 Å². The van der Waals surface area contributed by atoms with E-state index in [2.05, 4.69) is 10.6 Å². The van der Waals surface area contributed by atoms with E-state index in [0.29, 0.717) is 13.0 Å². The molecule has 1 saturated carbocycles. The van der Waals surface area contributed by atoms with Gasteiger partial charge in [-0.25, -0.2) is 4.79 Å². The zero-order valence-corrected chi connectivity index (χ0v) is 15.2. The van der Waals surface area contributed by atoms with E-state index in [1.165, 1.54) is 12.0 Å². The van der Waals surface area contributed by atoms with E-state index in [-0.39, 0.29) is 23.8 Å². The lowest BCUT2D eigenvalue weighted by Gasteiger charge is -2.24. The lowest BCUT2D eigenvalue weighted by Crippen LogP contribution is -2.46. The molecule has 1 aliphatic heterocycles. The average Bonchev–Trinajstić information content (AvgIpc) is 3.38. The maximum Gasteiger partial charge on any atom is 0.410 e. The number of anilines is 1. The molecule has 1 aromatic carbocycles. The van der Waals surface area contributed by atoms with Gasteiger partial charge in [-0.05, 0) is 50.3 Å². The van der Waals surface area contributed by atoms with Crippen molar-refractivity contribution in [3.8, 4) is 0 Å². The lowest BCUT2D eigenvalue weighted by molar-refractivity contribution is -0.125. The van der Waals surface area contributed by atoms with E-state index in [4.69, 9.17) is 4.74 Å². The van der Waals surface area contributed by atoms with Crippen LogP contribution in [-0.2, 0) is 14.3 Å². The van der Waals surface area contributed by atoms with Gasteiger partial charge in [0.25, 0.3) is 0 Å². The minimum Gasteiger partial charge on any atom is -0.453 e. The van der Waals surface area contributed by atoms with Gasteiger partial charge in [0, 0.05) is 18.2 Å². The maximum absolute atomic E-state index is 12.5. The third kappa shape index (κ3) is 4.15. The molecule has 0 spiro atoms. The number of hydrogen-bond acceptors (Lipinski definition) is 4. The zero-order chi connectivity index (χ0) is 18.7. The summed E-state index contributed by atoms with van der Waals surface area (Å²) >= 11 is 0. The normalized spacial score (nSPS) is 20.4. The van der Waals surface area contributed by atoms with Crippen LogP contribution < -0.4 is 10.6 Å². The van der Waals surface area contributed by atoms with Crippen molar-refractivity contribution in [2.24, 2.45) is 5.92 Å². The Kier molecular flexibility index (Phi) is 5.44. The maximum atomic E-state index is 12.5. The quantitative estimate of drug-likeness (QED) is 0.845. The third-order valence-electron chi connectivity index (χ3n) is 4.95. The van der Waals surface area contributed by atoms with Crippen molar-refractivity contribution in [3.05, 3.63) is 29.8 Å².